The maximum Gasteiger partial charge on any atom is 0.145 e. The average Bonchev–Trinajstić information content (AvgIpc) is 3.10. The van der Waals surface area contributed by atoms with E-state index >= 15 is 0 Å². The van der Waals surface area contributed by atoms with Crippen molar-refractivity contribution in [2.45, 2.75) is 12.8 Å². The zero-order chi connectivity index (χ0) is 33.0. The van der Waals surface area contributed by atoms with E-state index in [0.29, 0.717) is 10.0 Å². The van der Waals surface area contributed by atoms with Crippen LogP contribution in [0.1, 0.15) is 12.8 Å². The fourth-order valence-corrected chi connectivity index (χ4v) is 7.14. The number of piperazine rings is 1. The van der Waals surface area contributed by atoms with E-state index < -0.39 is 0 Å². The zero-order valence-electron chi connectivity index (χ0n) is 27.4. The Hall–Kier alpha value is -4.08. The Labute approximate surface area is 290 Å². The highest BCUT2D eigenvalue weighted by molar-refractivity contribution is 6.32. The first-order chi connectivity index (χ1) is 23.5. The molecule has 0 amide bonds. The molecule has 1 aliphatic rings. The third-order valence-corrected chi connectivity index (χ3v) is 9.74. The lowest BCUT2D eigenvalue weighted by Gasteiger charge is -2.34. The van der Waals surface area contributed by atoms with Gasteiger partial charge in [0.15, 0.2) is 0 Å². The molecule has 10 heteroatoms. The van der Waals surface area contributed by atoms with Gasteiger partial charge < -0.3 is 29.9 Å². The number of anilines is 2. The second kappa shape index (κ2) is 14.6. The summed E-state index contributed by atoms with van der Waals surface area (Å²) in [6, 6.07) is 23.9. The molecule has 2 N–H and O–H groups in total. The van der Waals surface area contributed by atoms with Crippen molar-refractivity contribution in [1.29, 1.82) is 0 Å². The SMILES string of the molecule is COc1cccc2c(NCCCN3CCN(CCCNc4c5ccc(Cl)cc5nc5c(OC)cccc45)CC3)c3ccc(Cl)cc3nc12. The summed E-state index contributed by atoms with van der Waals surface area (Å²) < 4.78 is 11.2. The van der Waals surface area contributed by atoms with Crippen LogP contribution in [0, 0.1) is 0 Å². The number of rotatable bonds is 12. The molecule has 3 heterocycles. The van der Waals surface area contributed by atoms with Gasteiger partial charge in [-0.1, -0.05) is 47.5 Å². The first kappa shape index (κ1) is 32.5. The summed E-state index contributed by atoms with van der Waals surface area (Å²) in [7, 11) is 3.37. The number of pyridine rings is 2. The van der Waals surface area contributed by atoms with Crippen LogP contribution in [0.5, 0.6) is 11.5 Å². The van der Waals surface area contributed by atoms with E-state index in [1.807, 2.05) is 48.5 Å². The monoisotopic (exact) mass is 682 g/mol. The maximum atomic E-state index is 6.32. The molecule has 0 radical (unpaired) electrons. The van der Waals surface area contributed by atoms with Gasteiger partial charge in [0.05, 0.1) is 36.6 Å². The van der Waals surface area contributed by atoms with Crippen molar-refractivity contribution in [3.63, 3.8) is 0 Å². The average molecular weight is 684 g/mol. The molecule has 0 atom stereocenters. The van der Waals surface area contributed by atoms with Crippen LogP contribution in [0.25, 0.3) is 43.6 Å². The van der Waals surface area contributed by atoms with Crippen LogP contribution in [0.3, 0.4) is 0 Å². The molecule has 0 aliphatic carbocycles. The van der Waals surface area contributed by atoms with Crippen LogP contribution in [0.2, 0.25) is 10.0 Å². The van der Waals surface area contributed by atoms with Gasteiger partial charge in [-0.3, -0.25) is 0 Å². The summed E-state index contributed by atoms with van der Waals surface area (Å²) in [5.74, 6) is 1.52. The van der Waals surface area contributed by atoms with Gasteiger partial charge in [0.25, 0.3) is 0 Å². The second-order valence-corrected chi connectivity index (χ2v) is 13.1. The standard InChI is InChI=1S/C38H40Cl2N6O2/c1-47-33-9-3-7-29-35(27-13-11-25(39)23-31(27)43-37(29)33)41-15-5-17-45-19-21-46(22-20-45)18-6-16-42-36-28-14-12-26(40)24-32(28)44-38-30(36)8-4-10-34(38)48-2/h3-4,7-14,23-24H,5-6,15-22H2,1-2H3,(H,41,43)(H,42,44). The summed E-state index contributed by atoms with van der Waals surface area (Å²) in [6.07, 6.45) is 2.10. The fourth-order valence-electron chi connectivity index (χ4n) is 6.81. The molecule has 1 fully saturated rings. The van der Waals surface area contributed by atoms with Crippen LogP contribution in [0.4, 0.5) is 11.4 Å². The molecular formula is C38H40Cl2N6O2. The summed E-state index contributed by atoms with van der Waals surface area (Å²) >= 11 is 12.6. The van der Waals surface area contributed by atoms with E-state index in [1.54, 1.807) is 14.2 Å². The normalized spacial score (nSPS) is 14.2. The molecule has 1 aliphatic heterocycles. The van der Waals surface area contributed by atoms with Gasteiger partial charge in [0.2, 0.25) is 0 Å². The summed E-state index contributed by atoms with van der Waals surface area (Å²) in [5, 5.41) is 13.1. The predicted octanol–water partition coefficient (Wildman–Crippen LogP) is 8.34. The van der Waals surface area contributed by atoms with Gasteiger partial charge in [-0.25, -0.2) is 9.97 Å². The largest absolute Gasteiger partial charge is 0.494 e. The highest BCUT2D eigenvalue weighted by Gasteiger charge is 2.18. The highest BCUT2D eigenvalue weighted by Crippen LogP contribution is 2.37. The second-order valence-electron chi connectivity index (χ2n) is 12.3. The summed E-state index contributed by atoms with van der Waals surface area (Å²) in [6.45, 7) is 8.22. The van der Waals surface area contributed by atoms with E-state index in [9.17, 15) is 0 Å². The van der Waals surface area contributed by atoms with Crippen molar-refractivity contribution >= 4 is 78.2 Å². The lowest BCUT2D eigenvalue weighted by Crippen LogP contribution is -2.47. The number of nitrogens with one attached hydrogen (secondary N) is 2. The van der Waals surface area contributed by atoms with E-state index in [2.05, 4.69) is 44.7 Å². The molecule has 4 aromatic carbocycles. The van der Waals surface area contributed by atoms with Crippen LogP contribution in [-0.2, 0) is 0 Å². The van der Waals surface area contributed by atoms with Gasteiger partial charge in [-0.05, 0) is 74.5 Å². The molecule has 8 nitrogen and oxygen atoms in total. The molecule has 1 saturated heterocycles. The number of aromatic nitrogens is 2. The van der Waals surface area contributed by atoms with E-state index in [-0.39, 0.29) is 0 Å². The van der Waals surface area contributed by atoms with Crippen molar-refractivity contribution in [2.24, 2.45) is 0 Å². The molecule has 0 unspecified atom stereocenters. The van der Waals surface area contributed by atoms with Crippen molar-refractivity contribution in [1.82, 2.24) is 19.8 Å². The van der Waals surface area contributed by atoms with Crippen LogP contribution >= 0.6 is 23.2 Å². The van der Waals surface area contributed by atoms with Crippen molar-refractivity contribution < 1.29 is 9.47 Å². The van der Waals surface area contributed by atoms with Crippen LogP contribution in [0.15, 0.2) is 72.8 Å². The Kier molecular flexibility index (Phi) is 9.86. The molecule has 48 heavy (non-hydrogen) atoms. The van der Waals surface area contributed by atoms with Gasteiger partial charge in [-0.2, -0.15) is 0 Å². The van der Waals surface area contributed by atoms with E-state index in [0.717, 1.165) is 132 Å². The number of methoxy groups -OCH3 is 2. The topological polar surface area (TPSA) is 74.8 Å². The number of hydrogen-bond acceptors (Lipinski definition) is 8. The Morgan fingerprint density at radius 2 is 1.04 bits per heavy atom. The number of nitrogens with zero attached hydrogens (tertiary/aromatic N) is 4. The van der Waals surface area contributed by atoms with Crippen LogP contribution in [-0.4, -0.2) is 86.3 Å². The lowest BCUT2D eigenvalue weighted by atomic mass is 10.1. The van der Waals surface area contributed by atoms with Crippen LogP contribution < -0.4 is 20.1 Å². The number of hydrogen-bond donors (Lipinski definition) is 2. The van der Waals surface area contributed by atoms with E-state index in [4.69, 9.17) is 42.6 Å². The molecular weight excluding hydrogens is 643 g/mol. The zero-order valence-corrected chi connectivity index (χ0v) is 28.9. The minimum atomic E-state index is 0.674. The quantitative estimate of drug-likeness (QED) is 0.0986. The van der Waals surface area contributed by atoms with E-state index in [1.165, 1.54) is 0 Å². The summed E-state index contributed by atoms with van der Waals surface area (Å²) in [5.41, 5.74) is 5.58. The summed E-state index contributed by atoms with van der Waals surface area (Å²) in [4.78, 5) is 14.9. The highest BCUT2D eigenvalue weighted by atomic mass is 35.5. The first-order valence-electron chi connectivity index (χ1n) is 16.6. The Bertz CT molecular complexity index is 1930. The van der Waals surface area contributed by atoms with Crippen molar-refractivity contribution in [3.8, 4) is 11.5 Å². The molecule has 2 aromatic heterocycles. The van der Waals surface area contributed by atoms with Gasteiger partial charge in [-0.15, -0.1) is 0 Å². The van der Waals surface area contributed by atoms with Gasteiger partial charge in [0.1, 0.15) is 22.5 Å². The predicted molar refractivity (Wildman–Crippen MR) is 201 cm³/mol. The van der Waals surface area contributed by atoms with Gasteiger partial charge in [0, 0.05) is 70.9 Å². The van der Waals surface area contributed by atoms with Crippen molar-refractivity contribution in [3.05, 3.63) is 82.8 Å². The molecule has 248 valence electrons. The Morgan fingerprint density at radius 1 is 0.604 bits per heavy atom. The first-order valence-corrected chi connectivity index (χ1v) is 17.3. The molecule has 0 saturated carbocycles. The lowest BCUT2D eigenvalue weighted by molar-refractivity contribution is 0.132. The fraction of sp³-hybridized carbons (Fsp3) is 0.316. The molecule has 7 rings (SSSR count). The number of fused-ring (bicyclic) bond motifs is 4. The minimum absolute atomic E-state index is 0.674. The maximum absolute atomic E-state index is 6.32. The third-order valence-electron chi connectivity index (χ3n) is 9.27. The number of para-hydroxylation sites is 2. The smallest absolute Gasteiger partial charge is 0.145 e. The molecule has 0 bridgehead atoms. The number of ether oxygens (including phenoxy) is 2. The Morgan fingerprint density at radius 3 is 1.46 bits per heavy atom. The number of benzene rings is 4. The number of halogens is 2. The minimum Gasteiger partial charge on any atom is -0.494 e. The molecule has 6 aromatic rings. The third kappa shape index (κ3) is 6.76. The van der Waals surface area contributed by atoms with Crippen molar-refractivity contribution in [2.75, 3.05) is 77.2 Å². The molecule has 0 spiro atoms. The van der Waals surface area contributed by atoms with Gasteiger partial charge >= 0.3 is 0 Å². The Balaban J connectivity index is 0.908.